The lowest BCUT2D eigenvalue weighted by molar-refractivity contribution is 0.669. The van der Waals surface area contributed by atoms with Crippen molar-refractivity contribution in [2.24, 2.45) is 0 Å². The Bertz CT molecular complexity index is 3770. The van der Waals surface area contributed by atoms with Gasteiger partial charge in [0.05, 0.1) is 31.6 Å². The van der Waals surface area contributed by atoms with Gasteiger partial charge in [0, 0.05) is 52.7 Å². The summed E-state index contributed by atoms with van der Waals surface area (Å²) in [6.07, 6.45) is 0. The van der Waals surface area contributed by atoms with Gasteiger partial charge in [0.2, 0.25) is 5.95 Å². The highest BCUT2D eigenvalue weighted by Crippen LogP contribution is 2.49. The Morgan fingerprint density at radius 1 is 0.429 bits per heavy atom. The summed E-state index contributed by atoms with van der Waals surface area (Å²) in [6.45, 7) is 0. The van der Waals surface area contributed by atoms with Gasteiger partial charge in [-0.05, 0) is 64.4 Å². The van der Waals surface area contributed by atoms with Crippen molar-refractivity contribution in [3.05, 3.63) is 164 Å². The van der Waals surface area contributed by atoms with Crippen LogP contribution in [0, 0.1) is 0 Å². The summed E-state index contributed by atoms with van der Waals surface area (Å²) < 4.78 is 13.5. The molecule has 0 fully saturated rings. The van der Waals surface area contributed by atoms with Gasteiger partial charge in [-0.2, -0.15) is 0 Å². The lowest BCUT2D eigenvalue weighted by Crippen LogP contribution is -2.03. The van der Waals surface area contributed by atoms with E-state index < -0.39 is 0 Å². The van der Waals surface area contributed by atoms with Crippen LogP contribution in [0.3, 0.4) is 0 Å². The van der Waals surface area contributed by atoms with Crippen molar-refractivity contribution in [2.45, 2.75) is 0 Å². The first-order valence-electron chi connectivity index (χ1n) is 18.7. The van der Waals surface area contributed by atoms with Crippen LogP contribution in [0.5, 0.6) is 0 Å². The fourth-order valence-electron chi connectivity index (χ4n) is 8.94. The van der Waals surface area contributed by atoms with Crippen molar-refractivity contribution in [3.63, 3.8) is 0 Å². The Balaban J connectivity index is 1.18. The van der Waals surface area contributed by atoms with Gasteiger partial charge in [0.25, 0.3) is 0 Å². The van der Waals surface area contributed by atoms with Crippen LogP contribution in [0.25, 0.3) is 123 Å². The number of thiophene rings is 2. The molecular weight excluding hydrogens is 723 g/mol. The Kier molecular flexibility index (Phi) is 6.17. The van der Waals surface area contributed by atoms with Gasteiger partial charge >= 0.3 is 0 Å². The van der Waals surface area contributed by atoms with Crippen LogP contribution in [-0.2, 0) is 0 Å². The van der Waals surface area contributed by atoms with Gasteiger partial charge in [-0.3, -0.25) is 4.57 Å². The normalized spacial score (nSPS) is 12.3. The van der Waals surface area contributed by atoms with E-state index in [-0.39, 0.29) is 0 Å². The molecule has 0 bridgehead atoms. The molecule has 0 N–H and O–H groups in total. The number of para-hydroxylation sites is 2. The van der Waals surface area contributed by atoms with Crippen molar-refractivity contribution >= 4 is 118 Å². The molecule has 13 aromatic rings. The SMILES string of the molecule is c1ccc(-c2ccc3sc4c(c3c2)c2ccccc2c2c3ccccc3n(-c3nc(-c5ccc6c(c5)oc5ccccc56)c5sc6ccccc6c5n3)c42)cc1. The molecule has 5 aromatic heterocycles. The van der Waals surface area contributed by atoms with Crippen molar-refractivity contribution in [3.8, 4) is 28.3 Å². The van der Waals surface area contributed by atoms with E-state index in [1.807, 2.05) is 23.5 Å². The van der Waals surface area contributed by atoms with Gasteiger partial charge in [-0.15, -0.1) is 22.7 Å². The van der Waals surface area contributed by atoms with E-state index in [1.165, 1.54) is 57.5 Å². The topological polar surface area (TPSA) is 43.9 Å². The second-order valence-electron chi connectivity index (χ2n) is 14.5. The van der Waals surface area contributed by atoms with Crippen molar-refractivity contribution in [1.29, 1.82) is 0 Å². The lowest BCUT2D eigenvalue weighted by Gasteiger charge is -2.11. The second kappa shape index (κ2) is 11.3. The van der Waals surface area contributed by atoms with Crippen LogP contribution in [0.1, 0.15) is 0 Å². The summed E-state index contributed by atoms with van der Waals surface area (Å²) in [5.41, 5.74) is 9.25. The molecule has 0 unspecified atom stereocenters. The zero-order valence-corrected chi connectivity index (χ0v) is 31.3. The molecule has 0 radical (unpaired) electrons. The van der Waals surface area contributed by atoms with Gasteiger partial charge in [-0.25, -0.2) is 9.97 Å². The summed E-state index contributed by atoms with van der Waals surface area (Å²) in [5, 5.41) is 10.8. The number of nitrogens with zero attached hydrogens (tertiary/aromatic N) is 3. The Morgan fingerprint density at radius 2 is 1.09 bits per heavy atom. The van der Waals surface area contributed by atoms with E-state index in [0.29, 0.717) is 5.95 Å². The molecule has 0 atom stereocenters. The summed E-state index contributed by atoms with van der Waals surface area (Å²) in [7, 11) is 0. The van der Waals surface area contributed by atoms with E-state index in [0.717, 1.165) is 59.8 Å². The zero-order valence-electron chi connectivity index (χ0n) is 29.7. The fraction of sp³-hybridized carbons (Fsp3) is 0. The first kappa shape index (κ1) is 30.5. The van der Waals surface area contributed by atoms with E-state index in [4.69, 9.17) is 14.4 Å². The number of fused-ring (bicyclic) bond motifs is 16. The number of furan rings is 1. The highest BCUT2D eigenvalue weighted by Gasteiger charge is 2.25. The molecule has 0 aliphatic carbocycles. The van der Waals surface area contributed by atoms with Crippen LogP contribution >= 0.6 is 22.7 Å². The summed E-state index contributed by atoms with van der Waals surface area (Å²) in [4.78, 5) is 11.1. The number of benzene rings is 8. The van der Waals surface area contributed by atoms with Crippen LogP contribution in [0.2, 0.25) is 0 Å². The molecule has 13 rings (SSSR count). The van der Waals surface area contributed by atoms with Crippen LogP contribution < -0.4 is 0 Å². The van der Waals surface area contributed by atoms with E-state index >= 15 is 0 Å². The minimum Gasteiger partial charge on any atom is -0.456 e. The maximum atomic E-state index is 6.41. The van der Waals surface area contributed by atoms with Gasteiger partial charge < -0.3 is 4.42 Å². The second-order valence-corrected chi connectivity index (χ2v) is 16.6. The Hall–Kier alpha value is -6.86. The number of hydrogen-bond acceptors (Lipinski definition) is 5. The van der Waals surface area contributed by atoms with E-state index in [9.17, 15) is 0 Å². The first-order valence-corrected chi connectivity index (χ1v) is 20.4. The molecule has 0 aliphatic rings. The predicted octanol–water partition coefficient (Wildman–Crippen LogP) is 14.7. The highest BCUT2D eigenvalue weighted by atomic mass is 32.1. The van der Waals surface area contributed by atoms with E-state index in [1.54, 1.807) is 11.3 Å². The minimum atomic E-state index is 0.658. The van der Waals surface area contributed by atoms with Crippen molar-refractivity contribution < 1.29 is 4.42 Å². The van der Waals surface area contributed by atoms with Gasteiger partial charge in [0.15, 0.2) is 0 Å². The van der Waals surface area contributed by atoms with Crippen LogP contribution in [0.15, 0.2) is 168 Å². The largest absolute Gasteiger partial charge is 0.456 e. The molecule has 56 heavy (non-hydrogen) atoms. The maximum absolute atomic E-state index is 6.41. The Morgan fingerprint density at radius 3 is 1.96 bits per heavy atom. The number of rotatable bonds is 3. The third kappa shape index (κ3) is 4.17. The average molecular weight is 750 g/mol. The molecule has 0 saturated carbocycles. The minimum absolute atomic E-state index is 0.658. The molecular formula is C50H27N3OS2. The van der Waals surface area contributed by atoms with Crippen molar-refractivity contribution in [2.75, 3.05) is 0 Å². The molecule has 0 amide bonds. The third-order valence-corrected chi connectivity index (χ3v) is 13.8. The quantitative estimate of drug-likeness (QED) is 0.181. The molecule has 260 valence electrons. The number of hydrogen-bond donors (Lipinski definition) is 0. The fourth-order valence-corrected chi connectivity index (χ4v) is 11.3. The molecule has 0 aliphatic heterocycles. The molecule has 6 heteroatoms. The predicted molar refractivity (Wildman–Crippen MR) is 238 cm³/mol. The first-order chi connectivity index (χ1) is 27.8. The molecule has 0 spiro atoms. The maximum Gasteiger partial charge on any atom is 0.235 e. The lowest BCUT2D eigenvalue weighted by atomic mass is 9.97. The van der Waals surface area contributed by atoms with Gasteiger partial charge in [-0.1, -0.05) is 121 Å². The smallest absolute Gasteiger partial charge is 0.235 e. The monoisotopic (exact) mass is 749 g/mol. The molecule has 0 saturated heterocycles. The standard InChI is InChI=1S/C50H27N3OS2/c1-2-12-28(13-3-1)29-23-25-42-37(26-29)44-34-16-5-4-15-33(34)43-35-17-6-9-19-38(35)53(47(43)48(44)55-42)50-51-45(49-46(52-50)36-18-8-11-21-41(36)56-49)30-22-24-32-31-14-7-10-20-39(31)54-40(32)27-30/h1-27H. The molecule has 8 aromatic carbocycles. The summed E-state index contributed by atoms with van der Waals surface area (Å²) in [5.74, 6) is 0.658. The van der Waals surface area contributed by atoms with Crippen molar-refractivity contribution in [1.82, 2.24) is 14.5 Å². The molecule has 5 heterocycles. The summed E-state index contributed by atoms with van der Waals surface area (Å²) >= 11 is 3.61. The third-order valence-electron chi connectivity index (χ3n) is 11.4. The van der Waals surface area contributed by atoms with Crippen LogP contribution in [0.4, 0.5) is 0 Å². The average Bonchev–Trinajstić information content (AvgIpc) is 4.02. The van der Waals surface area contributed by atoms with Crippen LogP contribution in [-0.4, -0.2) is 14.5 Å². The van der Waals surface area contributed by atoms with E-state index in [2.05, 4.69) is 156 Å². The zero-order chi connectivity index (χ0) is 36.5. The van der Waals surface area contributed by atoms with Gasteiger partial charge in [0.1, 0.15) is 11.2 Å². The Labute approximate surface area is 327 Å². The highest BCUT2D eigenvalue weighted by molar-refractivity contribution is 7.27. The number of aromatic nitrogens is 3. The summed E-state index contributed by atoms with van der Waals surface area (Å²) in [6, 6.07) is 58.6. The molecule has 4 nitrogen and oxygen atoms in total.